The van der Waals surface area contributed by atoms with Crippen LogP contribution in [-0.2, 0) is 16.6 Å². The van der Waals surface area contributed by atoms with Crippen LogP contribution in [0.1, 0.15) is 23.3 Å². The Labute approximate surface area is 156 Å². The Hall–Kier alpha value is -2.74. The van der Waals surface area contributed by atoms with Crippen molar-refractivity contribution in [3.63, 3.8) is 0 Å². The maximum absolute atomic E-state index is 13.6. The van der Waals surface area contributed by atoms with Gasteiger partial charge in [-0.1, -0.05) is 6.07 Å². The normalized spacial score (nSPS) is 23.1. The first-order valence-corrected chi connectivity index (χ1v) is 8.95. The molecule has 2 aliphatic heterocycles. The zero-order chi connectivity index (χ0) is 19.0. The lowest BCUT2D eigenvalue weighted by molar-refractivity contribution is -0.144. The summed E-state index contributed by atoms with van der Waals surface area (Å²) in [6.07, 6.45) is 3.23. The lowest BCUT2D eigenvalue weighted by atomic mass is 9.90. The number of likely N-dealkylation sites (tertiary alicyclic amines) is 1. The average Bonchev–Trinajstić information content (AvgIpc) is 3.10. The lowest BCUT2D eigenvalue weighted by Gasteiger charge is -2.47. The van der Waals surface area contributed by atoms with Crippen LogP contribution in [0.4, 0.5) is 10.1 Å². The van der Waals surface area contributed by atoms with Crippen LogP contribution in [0.2, 0.25) is 0 Å². The minimum atomic E-state index is -0.650. The van der Waals surface area contributed by atoms with E-state index in [9.17, 15) is 14.0 Å². The van der Waals surface area contributed by atoms with E-state index in [-0.39, 0.29) is 18.4 Å². The van der Waals surface area contributed by atoms with Gasteiger partial charge in [0, 0.05) is 25.5 Å². The van der Waals surface area contributed by atoms with Crippen LogP contribution >= 0.6 is 0 Å². The molecule has 2 aliphatic rings. The Morgan fingerprint density at radius 2 is 2.15 bits per heavy atom. The second-order valence-electron chi connectivity index (χ2n) is 7.14. The van der Waals surface area contributed by atoms with Crippen molar-refractivity contribution in [2.45, 2.75) is 18.4 Å². The van der Waals surface area contributed by atoms with Gasteiger partial charge in [0.1, 0.15) is 23.7 Å². The van der Waals surface area contributed by atoms with Gasteiger partial charge in [0.25, 0.3) is 11.8 Å². The van der Waals surface area contributed by atoms with Crippen LogP contribution in [0.15, 0.2) is 36.5 Å². The molecule has 27 heavy (non-hydrogen) atoms. The van der Waals surface area contributed by atoms with Gasteiger partial charge in [-0.3, -0.25) is 14.3 Å². The molecule has 142 valence electrons. The van der Waals surface area contributed by atoms with E-state index in [4.69, 9.17) is 4.74 Å². The number of amides is 2. The fourth-order valence-corrected chi connectivity index (χ4v) is 3.80. The number of carbonyl (C=O) groups is 2. The SMILES string of the molecule is Cn1ccc(C(=O)N2CCCC3(C2)CN(c2cccc(F)c2)C(=O)CO3)n1. The minimum Gasteiger partial charge on any atom is -0.361 e. The summed E-state index contributed by atoms with van der Waals surface area (Å²) in [4.78, 5) is 28.4. The molecule has 1 atom stereocenters. The van der Waals surface area contributed by atoms with E-state index in [0.29, 0.717) is 31.0 Å². The fraction of sp³-hybridized carbons (Fsp3) is 0.421. The molecule has 1 spiro atoms. The second-order valence-corrected chi connectivity index (χ2v) is 7.14. The number of ether oxygens (including phenoxy) is 1. The van der Waals surface area contributed by atoms with E-state index in [0.717, 1.165) is 12.8 Å². The van der Waals surface area contributed by atoms with Crippen LogP contribution in [0.25, 0.3) is 0 Å². The van der Waals surface area contributed by atoms with E-state index in [1.165, 1.54) is 12.1 Å². The van der Waals surface area contributed by atoms with Crippen LogP contribution in [0.3, 0.4) is 0 Å². The largest absolute Gasteiger partial charge is 0.361 e. The third kappa shape index (κ3) is 3.44. The van der Waals surface area contributed by atoms with Crippen LogP contribution in [0.5, 0.6) is 0 Å². The third-order valence-electron chi connectivity index (χ3n) is 5.13. The number of halogens is 1. The van der Waals surface area contributed by atoms with Crippen molar-refractivity contribution in [2.24, 2.45) is 7.05 Å². The van der Waals surface area contributed by atoms with Crippen molar-refractivity contribution < 1.29 is 18.7 Å². The molecule has 0 N–H and O–H groups in total. The highest BCUT2D eigenvalue weighted by Crippen LogP contribution is 2.32. The van der Waals surface area contributed by atoms with Crippen molar-refractivity contribution in [1.29, 1.82) is 0 Å². The molecule has 2 amide bonds. The predicted octanol–water partition coefficient (Wildman–Crippen LogP) is 1.60. The number of anilines is 1. The summed E-state index contributed by atoms with van der Waals surface area (Å²) in [5, 5.41) is 4.18. The van der Waals surface area contributed by atoms with Crippen LogP contribution in [-0.4, -0.2) is 58.3 Å². The Morgan fingerprint density at radius 3 is 2.89 bits per heavy atom. The topological polar surface area (TPSA) is 67.7 Å². The highest BCUT2D eigenvalue weighted by Gasteiger charge is 2.44. The zero-order valence-electron chi connectivity index (χ0n) is 15.1. The first-order valence-electron chi connectivity index (χ1n) is 8.95. The van der Waals surface area contributed by atoms with E-state index in [1.807, 2.05) is 0 Å². The number of hydrogen-bond acceptors (Lipinski definition) is 4. The quantitative estimate of drug-likeness (QED) is 0.803. The molecule has 2 aromatic rings. The second kappa shape index (κ2) is 6.77. The summed E-state index contributed by atoms with van der Waals surface area (Å²) >= 11 is 0. The monoisotopic (exact) mass is 372 g/mol. The highest BCUT2D eigenvalue weighted by molar-refractivity contribution is 5.95. The van der Waals surface area contributed by atoms with Crippen molar-refractivity contribution in [3.8, 4) is 0 Å². The Morgan fingerprint density at radius 1 is 1.30 bits per heavy atom. The number of morpholine rings is 1. The van der Waals surface area contributed by atoms with Gasteiger partial charge < -0.3 is 14.5 Å². The summed E-state index contributed by atoms with van der Waals surface area (Å²) in [5.41, 5.74) is 0.252. The molecule has 0 radical (unpaired) electrons. The minimum absolute atomic E-state index is 0.0812. The predicted molar refractivity (Wildman–Crippen MR) is 95.8 cm³/mol. The van der Waals surface area contributed by atoms with Gasteiger partial charge >= 0.3 is 0 Å². The van der Waals surface area contributed by atoms with Gasteiger partial charge in [0.05, 0.1) is 13.1 Å². The molecule has 0 bridgehead atoms. The third-order valence-corrected chi connectivity index (χ3v) is 5.13. The molecule has 1 aromatic heterocycles. The number of carbonyl (C=O) groups excluding carboxylic acids is 2. The summed E-state index contributed by atoms with van der Waals surface area (Å²) in [5.74, 6) is -0.747. The van der Waals surface area contributed by atoms with Crippen LogP contribution < -0.4 is 4.90 Å². The number of hydrogen-bond donors (Lipinski definition) is 0. The van der Waals surface area contributed by atoms with Gasteiger partial charge in [-0.05, 0) is 37.1 Å². The molecular formula is C19H21FN4O3. The molecule has 1 unspecified atom stereocenters. The first-order chi connectivity index (χ1) is 13.0. The molecule has 2 fully saturated rings. The van der Waals surface area contributed by atoms with E-state index in [1.54, 1.807) is 45.9 Å². The molecule has 1 aromatic carbocycles. The maximum atomic E-state index is 13.6. The van der Waals surface area contributed by atoms with Gasteiger partial charge in [0.15, 0.2) is 0 Å². The average molecular weight is 372 g/mol. The van der Waals surface area contributed by atoms with Crippen LogP contribution in [0, 0.1) is 5.82 Å². The summed E-state index contributed by atoms with van der Waals surface area (Å²) < 4.78 is 21.1. The maximum Gasteiger partial charge on any atom is 0.274 e. The fourth-order valence-electron chi connectivity index (χ4n) is 3.80. The number of aryl methyl sites for hydroxylation is 1. The highest BCUT2D eigenvalue weighted by atomic mass is 19.1. The Bertz CT molecular complexity index is 883. The summed E-state index contributed by atoms with van der Waals surface area (Å²) in [7, 11) is 1.77. The lowest BCUT2D eigenvalue weighted by Crippen LogP contribution is -2.62. The van der Waals surface area contributed by atoms with E-state index >= 15 is 0 Å². The number of piperidine rings is 1. The van der Waals surface area contributed by atoms with E-state index < -0.39 is 11.4 Å². The first kappa shape index (κ1) is 17.7. The molecular weight excluding hydrogens is 351 g/mol. The van der Waals surface area contributed by atoms with Gasteiger partial charge in [0.2, 0.25) is 0 Å². The summed E-state index contributed by atoms with van der Waals surface area (Å²) in [6, 6.07) is 7.67. The van der Waals surface area contributed by atoms with Crippen molar-refractivity contribution >= 4 is 17.5 Å². The number of rotatable bonds is 2. The molecule has 2 saturated heterocycles. The molecule has 0 aliphatic carbocycles. The standard InChI is InChI=1S/C19H21FN4O3/c1-22-9-6-16(21-22)18(26)23-8-3-7-19(12-23)13-24(17(25)11-27-19)15-5-2-4-14(20)10-15/h2,4-6,9-10H,3,7-8,11-13H2,1H3. The number of benzene rings is 1. The Balaban J connectivity index is 1.55. The molecule has 3 heterocycles. The van der Waals surface area contributed by atoms with E-state index in [2.05, 4.69) is 5.10 Å². The number of nitrogens with zero attached hydrogens (tertiary/aromatic N) is 4. The van der Waals surface area contributed by atoms with Crippen molar-refractivity contribution in [1.82, 2.24) is 14.7 Å². The zero-order valence-corrected chi connectivity index (χ0v) is 15.1. The van der Waals surface area contributed by atoms with Gasteiger partial charge in [-0.2, -0.15) is 5.10 Å². The molecule has 0 saturated carbocycles. The van der Waals surface area contributed by atoms with Gasteiger partial charge in [-0.15, -0.1) is 0 Å². The Kier molecular flexibility index (Phi) is 4.43. The van der Waals surface area contributed by atoms with Crippen molar-refractivity contribution in [2.75, 3.05) is 31.1 Å². The summed E-state index contributed by atoms with van der Waals surface area (Å²) in [6.45, 7) is 1.21. The molecule has 7 nitrogen and oxygen atoms in total. The molecule has 4 rings (SSSR count). The van der Waals surface area contributed by atoms with Gasteiger partial charge in [-0.25, -0.2) is 4.39 Å². The van der Waals surface area contributed by atoms with Crippen molar-refractivity contribution in [3.05, 3.63) is 48.0 Å². The number of aromatic nitrogens is 2. The molecule has 8 heteroatoms. The smallest absolute Gasteiger partial charge is 0.274 e.